The highest BCUT2D eigenvalue weighted by molar-refractivity contribution is 7.89. The number of nitrogens with zero attached hydrogens (tertiary/aromatic N) is 1. The number of aromatic nitrogens is 1. The summed E-state index contributed by atoms with van der Waals surface area (Å²) in [5.41, 5.74) is -0.584. The Morgan fingerprint density at radius 2 is 1.95 bits per heavy atom. The second-order valence-corrected chi connectivity index (χ2v) is 6.19. The molecule has 0 bridgehead atoms. The lowest BCUT2D eigenvalue weighted by atomic mass is 9.98. The number of nitrogens with one attached hydrogen (secondary N) is 1. The van der Waals surface area contributed by atoms with E-state index in [1.165, 1.54) is 12.1 Å². The van der Waals surface area contributed by atoms with Crippen molar-refractivity contribution in [3.8, 4) is 0 Å². The standard InChI is InChI=1S/C12H18N2O4S/c1-4-12(3,5-2)14-19(17,18)10-7-6-9(8-13-10)11(15)16/h6-8,14H,4-5H2,1-3H3,(H,15,16). The second kappa shape index (κ2) is 5.66. The average molecular weight is 286 g/mol. The molecule has 1 heterocycles. The fourth-order valence-electron chi connectivity index (χ4n) is 1.44. The first kappa shape index (κ1) is 15.6. The summed E-state index contributed by atoms with van der Waals surface area (Å²) in [6.45, 7) is 5.61. The molecule has 0 unspecified atom stereocenters. The van der Waals surface area contributed by atoms with E-state index < -0.39 is 21.5 Å². The molecule has 1 rings (SSSR count). The molecule has 0 aliphatic rings. The SMILES string of the molecule is CCC(C)(CC)NS(=O)(=O)c1ccc(C(=O)O)cn1. The molecule has 2 N–H and O–H groups in total. The normalized spacial score (nSPS) is 12.4. The van der Waals surface area contributed by atoms with Crippen molar-refractivity contribution >= 4 is 16.0 Å². The number of carbonyl (C=O) groups is 1. The maximum absolute atomic E-state index is 12.1. The van der Waals surface area contributed by atoms with Crippen molar-refractivity contribution in [2.24, 2.45) is 0 Å². The van der Waals surface area contributed by atoms with Gasteiger partial charge in [-0.15, -0.1) is 0 Å². The fraction of sp³-hybridized carbons (Fsp3) is 0.500. The van der Waals surface area contributed by atoms with E-state index in [4.69, 9.17) is 5.11 Å². The molecule has 0 saturated heterocycles. The summed E-state index contributed by atoms with van der Waals surface area (Å²) in [5, 5.41) is 8.56. The van der Waals surface area contributed by atoms with E-state index >= 15 is 0 Å². The number of aromatic carboxylic acids is 1. The summed E-state index contributed by atoms with van der Waals surface area (Å²) in [6.07, 6.45) is 2.33. The molecule has 19 heavy (non-hydrogen) atoms. The van der Waals surface area contributed by atoms with Crippen LogP contribution in [0, 0.1) is 0 Å². The molecule has 0 fully saturated rings. The molecule has 0 aromatic carbocycles. The largest absolute Gasteiger partial charge is 0.478 e. The van der Waals surface area contributed by atoms with Crippen molar-refractivity contribution in [1.82, 2.24) is 9.71 Å². The van der Waals surface area contributed by atoms with Gasteiger partial charge in [-0.2, -0.15) is 0 Å². The van der Waals surface area contributed by atoms with Crippen LogP contribution in [-0.2, 0) is 10.0 Å². The van der Waals surface area contributed by atoms with Crippen molar-refractivity contribution in [2.75, 3.05) is 0 Å². The molecule has 0 aliphatic heterocycles. The number of sulfonamides is 1. The summed E-state index contributed by atoms with van der Waals surface area (Å²) in [4.78, 5) is 14.4. The van der Waals surface area contributed by atoms with Gasteiger partial charge >= 0.3 is 5.97 Å². The van der Waals surface area contributed by atoms with E-state index in [0.717, 1.165) is 6.20 Å². The van der Waals surface area contributed by atoms with E-state index in [0.29, 0.717) is 12.8 Å². The van der Waals surface area contributed by atoms with Crippen LogP contribution in [0.5, 0.6) is 0 Å². The molecule has 0 aliphatic carbocycles. The number of rotatable bonds is 6. The Kier molecular flexibility index (Phi) is 4.65. The van der Waals surface area contributed by atoms with Crippen molar-refractivity contribution in [3.63, 3.8) is 0 Å². The third kappa shape index (κ3) is 3.74. The number of carboxylic acid groups (broad SMARTS) is 1. The highest BCUT2D eigenvalue weighted by atomic mass is 32.2. The number of carboxylic acids is 1. The number of hydrogen-bond acceptors (Lipinski definition) is 4. The lowest BCUT2D eigenvalue weighted by Gasteiger charge is -2.27. The lowest BCUT2D eigenvalue weighted by molar-refractivity contribution is 0.0696. The minimum absolute atomic E-state index is 0.0484. The first-order chi connectivity index (χ1) is 8.74. The van der Waals surface area contributed by atoms with E-state index in [2.05, 4.69) is 9.71 Å². The highest BCUT2D eigenvalue weighted by Crippen LogP contribution is 2.18. The molecule has 0 atom stereocenters. The number of hydrogen-bond donors (Lipinski definition) is 2. The predicted molar refractivity (Wildman–Crippen MR) is 70.5 cm³/mol. The second-order valence-electron chi connectivity index (χ2n) is 4.56. The predicted octanol–water partition coefficient (Wildman–Crippen LogP) is 1.64. The fourth-order valence-corrected chi connectivity index (χ4v) is 2.92. The first-order valence-corrected chi connectivity index (χ1v) is 7.45. The third-order valence-corrected chi connectivity index (χ3v) is 4.75. The van der Waals surface area contributed by atoms with Gasteiger partial charge in [0.25, 0.3) is 10.0 Å². The lowest BCUT2D eigenvalue weighted by Crippen LogP contribution is -2.45. The van der Waals surface area contributed by atoms with Gasteiger partial charge in [0.2, 0.25) is 0 Å². The van der Waals surface area contributed by atoms with E-state index in [1.807, 2.05) is 20.8 Å². The van der Waals surface area contributed by atoms with Crippen molar-refractivity contribution < 1.29 is 18.3 Å². The van der Waals surface area contributed by atoms with Crippen molar-refractivity contribution in [2.45, 2.75) is 44.2 Å². The van der Waals surface area contributed by atoms with Gasteiger partial charge in [0.05, 0.1) is 5.56 Å². The summed E-state index contributed by atoms with van der Waals surface area (Å²) in [5.74, 6) is -1.14. The van der Waals surface area contributed by atoms with E-state index in [1.54, 1.807) is 0 Å². The van der Waals surface area contributed by atoms with Gasteiger partial charge in [0, 0.05) is 11.7 Å². The smallest absolute Gasteiger partial charge is 0.337 e. The maximum Gasteiger partial charge on any atom is 0.337 e. The third-order valence-electron chi connectivity index (χ3n) is 3.20. The average Bonchev–Trinajstić information content (AvgIpc) is 2.38. The van der Waals surface area contributed by atoms with Crippen molar-refractivity contribution in [1.29, 1.82) is 0 Å². The minimum atomic E-state index is -3.74. The Hall–Kier alpha value is -1.47. The summed E-state index contributed by atoms with van der Waals surface area (Å²) < 4.78 is 26.8. The molecule has 6 nitrogen and oxygen atoms in total. The van der Waals surface area contributed by atoms with Crippen molar-refractivity contribution in [3.05, 3.63) is 23.9 Å². The van der Waals surface area contributed by atoms with Crippen LogP contribution in [0.2, 0.25) is 0 Å². The molecular formula is C12H18N2O4S. The molecule has 0 amide bonds. The van der Waals surface area contributed by atoms with Crippen LogP contribution in [0.1, 0.15) is 44.0 Å². The zero-order chi connectivity index (χ0) is 14.7. The molecule has 1 aromatic heterocycles. The maximum atomic E-state index is 12.1. The summed E-state index contributed by atoms with van der Waals surface area (Å²) in [7, 11) is -3.74. The van der Waals surface area contributed by atoms with Gasteiger partial charge in [-0.05, 0) is 31.9 Å². The van der Waals surface area contributed by atoms with Gasteiger partial charge in [0.15, 0.2) is 5.03 Å². The summed E-state index contributed by atoms with van der Waals surface area (Å²) in [6, 6.07) is 2.41. The molecule has 0 saturated carbocycles. The van der Waals surface area contributed by atoms with Gasteiger partial charge in [-0.1, -0.05) is 13.8 Å². The van der Waals surface area contributed by atoms with Crippen LogP contribution in [-0.4, -0.2) is 30.0 Å². The first-order valence-electron chi connectivity index (χ1n) is 5.97. The van der Waals surface area contributed by atoms with Crippen LogP contribution in [0.3, 0.4) is 0 Å². The Morgan fingerprint density at radius 1 is 1.37 bits per heavy atom. The monoisotopic (exact) mass is 286 g/mol. The van der Waals surface area contributed by atoms with Crippen LogP contribution < -0.4 is 4.72 Å². The van der Waals surface area contributed by atoms with Gasteiger partial charge in [-0.3, -0.25) is 0 Å². The summed E-state index contributed by atoms with van der Waals surface area (Å²) >= 11 is 0. The molecular weight excluding hydrogens is 268 g/mol. The van der Waals surface area contributed by atoms with Crippen LogP contribution >= 0.6 is 0 Å². The van der Waals surface area contributed by atoms with Gasteiger partial charge in [-0.25, -0.2) is 22.9 Å². The van der Waals surface area contributed by atoms with Crippen LogP contribution in [0.4, 0.5) is 0 Å². The van der Waals surface area contributed by atoms with Crippen LogP contribution in [0.25, 0.3) is 0 Å². The van der Waals surface area contributed by atoms with E-state index in [-0.39, 0.29) is 10.6 Å². The quantitative estimate of drug-likeness (QED) is 0.828. The zero-order valence-corrected chi connectivity index (χ0v) is 12.0. The Balaban J connectivity index is 3.04. The van der Waals surface area contributed by atoms with Gasteiger partial charge in [0.1, 0.15) is 0 Å². The Bertz CT molecular complexity index is 548. The Labute approximate surface area is 112 Å². The number of pyridine rings is 1. The molecule has 106 valence electrons. The van der Waals surface area contributed by atoms with Crippen LogP contribution in [0.15, 0.2) is 23.4 Å². The zero-order valence-electron chi connectivity index (χ0n) is 11.2. The molecule has 7 heteroatoms. The molecule has 1 aromatic rings. The highest BCUT2D eigenvalue weighted by Gasteiger charge is 2.28. The van der Waals surface area contributed by atoms with E-state index in [9.17, 15) is 13.2 Å². The molecule has 0 radical (unpaired) electrons. The Morgan fingerprint density at radius 3 is 2.32 bits per heavy atom. The van der Waals surface area contributed by atoms with Gasteiger partial charge < -0.3 is 5.11 Å². The topological polar surface area (TPSA) is 96.4 Å². The molecule has 0 spiro atoms. The minimum Gasteiger partial charge on any atom is -0.478 e.